The van der Waals surface area contributed by atoms with Gasteiger partial charge in [-0.05, 0) is 101 Å². The lowest BCUT2D eigenvalue weighted by molar-refractivity contribution is 0.747. The summed E-state index contributed by atoms with van der Waals surface area (Å²) < 4.78 is 4.64. The third kappa shape index (κ3) is 6.39. The van der Waals surface area contributed by atoms with Crippen LogP contribution in [-0.4, -0.2) is 25.1 Å². The lowest BCUT2D eigenvalue weighted by atomic mass is 9.86. The van der Waals surface area contributed by atoms with Crippen LogP contribution in [0.3, 0.4) is 0 Å². The molecular formula is C64H43N5. The zero-order valence-electron chi connectivity index (χ0n) is 37.6. The van der Waals surface area contributed by atoms with Gasteiger partial charge in [0, 0.05) is 55.7 Å². The summed E-state index contributed by atoms with van der Waals surface area (Å²) in [7, 11) is 0. The predicted molar refractivity (Wildman–Crippen MR) is 286 cm³/mol. The van der Waals surface area contributed by atoms with Gasteiger partial charge in [0.2, 0.25) is 5.95 Å². The van der Waals surface area contributed by atoms with Gasteiger partial charge in [0.25, 0.3) is 0 Å². The van der Waals surface area contributed by atoms with Crippen molar-refractivity contribution in [1.29, 1.82) is 0 Å². The van der Waals surface area contributed by atoms with E-state index >= 15 is 0 Å². The van der Waals surface area contributed by atoms with Crippen LogP contribution in [0.1, 0.15) is 17.0 Å². The molecule has 5 nitrogen and oxygen atoms in total. The van der Waals surface area contributed by atoms with Crippen LogP contribution in [0.5, 0.6) is 0 Å². The number of nitrogens with zero attached hydrogens (tertiary/aromatic N) is 5. The fraction of sp³-hybridized carbons (Fsp3) is 0.0312. The van der Waals surface area contributed by atoms with Crippen molar-refractivity contribution in [2.24, 2.45) is 0 Å². The Balaban J connectivity index is 0.871. The van der Waals surface area contributed by atoms with E-state index in [1.807, 2.05) is 12.1 Å². The Morgan fingerprint density at radius 3 is 1.62 bits per heavy atom. The Hall–Kier alpha value is -9.06. The van der Waals surface area contributed by atoms with Crippen LogP contribution in [-0.2, 0) is 0 Å². The third-order valence-corrected chi connectivity index (χ3v) is 14.3. The largest absolute Gasteiger partial charge is 0.333 e. The molecule has 0 amide bonds. The minimum atomic E-state index is 0.115. The van der Waals surface area contributed by atoms with E-state index in [0.717, 1.165) is 39.2 Å². The molecule has 4 heterocycles. The van der Waals surface area contributed by atoms with Gasteiger partial charge in [-0.2, -0.15) is 0 Å². The summed E-state index contributed by atoms with van der Waals surface area (Å²) in [6.07, 6.45) is 7.26. The van der Waals surface area contributed by atoms with Crippen molar-refractivity contribution in [3.05, 3.63) is 260 Å². The number of benzene rings is 9. The number of hydrogen-bond acceptors (Lipinski definition) is 3. The van der Waals surface area contributed by atoms with E-state index in [0.29, 0.717) is 5.95 Å². The molecule has 324 valence electrons. The van der Waals surface area contributed by atoms with Gasteiger partial charge >= 0.3 is 0 Å². The van der Waals surface area contributed by atoms with Crippen molar-refractivity contribution in [2.45, 2.75) is 12.0 Å². The molecule has 2 unspecified atom stereocenters. The van der Waals surface area contributed by atoms with E-state index < -0.39 is 0 Å². The quantitative estimate of drug-likeness (QED) is 0.160. The smallest absolute Gasteiger partial charge is 0.235 e. The first-order valence-corrected chi connectivity index (χ1v) is 23.7. The maximum Gasteiger partial charge on any atom is 0.235 e. The lowest BCUT2D eigenvalue weighted by Crippen LogP contribution is -2.28. The summed E-state index contributed by atoms with van der Waals surface area (Å²) in [5.74, 6) is 0.811. The molecule has 2 aliphatic rings. The molecule has 14 rings (SSSR count). The van der Waals surface area contributed by atoms with Crippen LogP contribution in [0.2, 0.25) is 0 Å². The van der Waals surface area contributed by atoms with Crippen molar-refractivity contribution in [1.82, 2.24) is 19.1 Å². The maximum absolute atomic E-state index is 5.26. The zero-order chi connectivity index (χ0) is 45.4. The molecule has 3 aromatic heterocycles. The van der Waals surface area contributed by atoms with Gasteiger partial charge in [-0.3, -0.25) is 4.57 Å². The Morgan fingerprint density at radius 1 is 0.362 bits per heavy atom. The molecule has 9 aromatic carbocycles. The molecule has 1 aliphatic carbocycles. The van der Waals surface area contributed by atoms with Crippen molar-refractivity contribution < 1.29 is 0 Å². The summed E-state index contributed by atoms with van der Waals surface area (Å²) in [5, 5.41) is 4.81. The second kappa shape index (κ2) is 15.8. The van der Waals surface area contributed by atoms with Crippen LogP contribution in [0, 0.1) is 0 Å². The first kappa shape index (κ1) is 39.1. The second-order valence-corrected chi connectivity index (χ2v) is 18.2. The van der Waals surface area contributed by atoms with Crippen LogP contribution in [0.25, 0.3) is 94.5 Å². The lowest BCUT2D eigenvalue weighted by Gasteiger charge is -2.30. The summed E-state index contributed by atoms with van der Waals surface area (Å²) in [6.45, 7) is 0. The number of para-hydroxylation sites is 3. The maximum atomic E-state index is 5.26. The molecule has 0 radical (unpaired) electrons. The van der Waals surface area contributed by atoms with E-state index in [1.54, 1.807) is 0 Å². The van der Waals surface area contributed by atoms with Crippen molar-refractivity contribution >= 4 is 60.6 Å². The minimum absolute atomic E-state index is 0.115. The van der Waals surface area contributed by atoms with Crippen LogP contribution >= 0.6 is 0 Å². The minimum Gasteiger partial charge on any atom is -0.333 e. The zero-order valence-corrected chi connectivity index (χ0v) is 37.6. The van der Waals surface area contributed by atoms with Crippen LogP contribution < -0.4 is 4.90 Å². The predicted octanol–water partition coefficient (Wildman–Crippen LogP) is 15.9. The average Bonchev–Trinajstić information content (AvgIpc) is 4.06. The SMILES string of the molecule is C1=CC2C(C=C1c1ccc3c(c1)c1ccccc1n3-c1nc(-c3ccccc3)cc(-c3ccccc3)n1)c1ccccc1N2c1ccc2c(c1)c1cc(-c3ccccc3)ccc1n2-c1ccccc1. The molecule has 2 atom stereocenters. The number of rotatable bonds is 7. The van der Waals surface area contributed by atoms with Gasteiger partial charge in [-0.25, -0.2) is 9.97 Å². The Bertz CT molecular complexity index is 3960. The fourth-order valence-electron chi connectivity index (χ4n) is 11.1. The fourth-order valence-corrected chi connectivity index (χ4v) is 11.1. The number of aromatic nitrogens is 4. The first-order valence-electron chi connectivity index (χ1n) is 23.7. The first-order chi connectivity index (χ1) is 34.2. The molecule has 0 N–H and O–H groups in total. The van der Waals surface area contributed by atoms with Gasteiger partial charge in [0.15, 0.2) is 0 Å². The molecule has 0 spiro atoms. The molecule has 69 heavy (non-hydrogen) atoms. The topological polar surface area (TPSA) is 38.9 Å². The van der Waals surface area contributed by atoms with Crippen LogP contribution in [0.15, 0.2) is 249 Å². The van der Waals surface area contributed by atoms with Gasteiger partial charge in [-0.15, -0.1) is 0 Å². The van der Waals surface area contributed by atoms with E-state index in [1.165, 1.54) is 71.8 Å². The normalized spacial score (nSPS) is 15.2. The number of allylic oxidation sites excluding steroid dienone is 2. The highest BCUT2D eigenvalue weighted by molar-refractivity contribution is 6.12. The highest BCUT2D eigenvalue weighted by Gasteiger charge is 2.38. The Kier molecular flexibility index (Phi) is 8.96. The van der Waals surface area contributed by atoms with Crippen molar-refractivity contribution in [3.63, 3.8) is 0 Å². The van der Waals surface area contributed by atoms with E-state index in [2.05, 4.69) is 251 Å². The summed E-state index contributed by atoms with van der Waals surface area (Å²) in [4.78, 5) is 13.1. The molecule has 0 saturated carbocycles. The molecule has 0 saturated heterocycles. The molecule has 0 fully saturated rings. The van der Waals surface area contributed by atoms with Crippen molar-refractivity contribution in [3.8, 4) is 45.3 Å². The molecule has 0 bridgehead atoms. The van der Waals surface area contributed by atoms with Gasteiger partial charge in [0.05, 0.1) is 39.5 Å². The number of hydrogen-bond donors (Lipinski definition) is 0. The Labute approximate surface area is 399 Å². The summed E-state index contributed by atoms with van der Waals surface area (Å²) in [6, 6.07) is 82.9. The highest BCUT2D eigenvalue weighted by atomic mass is 15.2. The van der Waals surface area contributed by atoms with Crippen LogP contribution in [0.4, 0.5) is 11.4 Å². The number of anilines is 2. The van der Waals surface area contributed by atoms with Gasteiger partial charge < -0.3 is 9.47 Å². The van der Waals surface area contributed by atoms with Gasteiger partial charge in [0.1, 0.15) is 0 Å². The second-order valence-electron chi connectivity index (χ2n) is 18.2. The average molecular weight is 882 g/mol. The summed E-state index contributed by atoms with van der Waals surface area (Å²) >= 11 is 0. The molecule has 5 heteroatoms. The van der Waals surface area contributed by atoms with E-state index in [9.17, 15) is 0 Å². The van der Waals surface area contributed by atoms with Crippen molar-refractivity contribution in [2.75, 3.05) is 4.90 Å². The van der Waals surface area contributed by atoms with E-state index in [-0.39, 0.29) is 12.0 Å². The third-order valence-electron chi connectivity index (χ3n) is 14.3. The Morgan fingerprint density at radius 2 is 0.899 bits per heavy atom. The molecule has 1 aliphatic heterocycles. The monoisotopic (exact) mass is 881 g/mol. The molecular weight excluding hydrogens is 839 g/mol. The van der Waals surface area contributed by atoms with Gasteiger partial charge in [-0.1, -0.05) is 176 Å². The highest BCUT2D eigenvalue weighted by Crippen LogP contribution is 2.50. The van der Waals surface area contributed by atoms with E-state index in [4.69, 9.17) is 9.97 Å². The standard InChI is InChI=1S/C64H43N5/c1-5-17-42(18-6-1)45-29-33-61-54(37-45)55-40-49(32-36-62(55)67(61)48-23-11-4-12-24-48)68-58-27-15-13-25-50(58)52-38-46(30-34-60(52)68)47-31-35-63-53(39-47)51-26-14-16-28-59(51)69(63)64-65-56(43-19-7-2-8-20-43)41-57(66-64)44-21-9-3-10-22-44/h1-41,52,60H. The number of fused-ring (bicyclic) bond motifs is 9. The molecule has 12 aromatic rings. The summed E-state index contributed by atoms with van der Waals surface area (Å²) in [5.41, 5.74) is 18.2.